The molecule has 0 unspecified atom stereocenters. The van der Waals surface area contributed by atoms with Crippen molar-refractivity contribution in [1.82, 2.24) is 20.5 Å². The first-order valence-corrected chi connectivity index (χ1v) is 9.17. The fourth-order valence-electron chi connectivity index (χ4n) is 3.07. The predicted molar refractivity (Wildman–Crippen MR) is 96.9 cm³/mol. The molecule has 1 aromatic heterocycles. The van der Waals surface area contributed by atoms with Crippen LogP contribution >= 0.6 is 0 Å². The second kappa shape index (κ2) is 10.4. The van der Waals surface area contributed by atoms with E-state index in [2.05, 4.69) is 20.6 Å². The average Bonchev–Trinajstić information content (AvgIpc) is 2.61. The Morgan fingerprint density at radius 1 is 1.27 bits per heavy atom. The van der Waals surface area contributed by atoms with Crippen LogP contribution in [0.5, 0.6) is 0 Å². The largest absolute Gasteiger partial charge is 0.401 e. The molecule has 1 aliphatic rings. The van der Waals surface area contributed by atoms with Crippen molar-refractivity contribution in [3.8, 4) is 0 Å². The zero-order chi connectivity index (χ0) is 18.8. The smallest absolute Gasteiger partial charge is 0.357 e. The van der Waals surface area contributed by atoms with Crippen LogP contribution in [0.3, 0.4) is 0 Å². The third kappa shape index (κ3) is 8.03. The van der Waals surface area contributed by atoms with E-state index >= 15 is 0 Å². The van der Waals surface area contributed by atoms with Crippen LogP contribution in [-0.2, 0) is 6.54 Å². The van der Waals surface area contributed by atoms with Gasteiger partial charge in [-0.3, -0.25) is 9.88 Å². The molecule has 1 aliphatic heterocycles. The number of nitrogens with zero attached hydrogens (tertiary/aromatic N) is 3. The molecule has 5 nitrogen and oxygen atoms in total. The molecule has 8 heteroatoms. The van der Waals surface area contributed by atoms with Crippen LogP contribution in [-0.4, -0.2) is 54.7 Å². The summed E-state index contributed by atoms with van der Waals surface area (Å²) < 4.78 is 37.3. The van der Waals surface area contributed by atoms with Gasteiger partial charge in [0.2, 0.25) is 0 Å². The zero-order valence-electron chi connectivity index (χ0n) is 15.2. The molecule has 26 heavy (non-hydrogen) atoms. The molecule has 0 bridgehead atoms. The summed E-state index contributed by atoms with van der Waals surface area (Å²) >= 11 is 0. The lowest BCUT2D eigenvalue weighted by Crippen LogP contribution is -2.41. The van der Waals surface area contributed by atoms with E-state index in [1.54, 1.807) is 6.20 Å². The lowest BCUT2D eigenvalue weighted by Gasteiger charge is -2.32. The SMILES string of the molecule is CCNC(=NCc1ccccn1)NCCC1CCN(CC(F)(F)F)CC1. The normalized spacial score (nSPS) is 17.3. The van der Waals surface area contributed by atoms with Gasteiger partial charge in [0.25, 0.3) is 0 Å². The van der Waals surface area contributed by atoms with Crippen LogP contribution in [0.2, 0.25) is 0 Å². The number of aromatic nitrogens is 1. The highest BCUT2D eigenvalue weighted by atomic mass is 19.4. The van der Waals surface area contributed by atoms with Crippen LogP contribution in [0.1, 0.15) is 31.9 Å². The molecule has 1 aromatic rings. The van der Waals surface area contributed by atoms with Gasteiger partial charge in [-0.1, -0.05) is 6.07 Å². The highest BCUT2D eigenvalue weighted by molar-refractivity contribution is 5.79. The Morgan fingerprint density at radius 3 is 2.65 bits per heavy atom. The van der Waals surface area contributed by atoms with Gasteiger partial charge in [0.1, 0.15) is 0 Å². The van der Waals surface area contributed by atoms with Crippen molar-refractivity contribution < 1.29 is 13.2 Å². The second-order valence-corrected chi connectivity index (χ2v) is 6.57. The van der Waals surface area contributed by atoms with Crippen LogP contribution in [0.15, 0.2) is 29.4 Å². The van der Waals surface area contributed by atoms with Gasteiger partial charge in [0, 0.05) is 19.3 Å². The molecule has 0 amide bonds. The van der Waals surface area contributed by atoms with Gasteiger partial charge in [-0.25, -0.2) is 4.99 Å². The third-order valence-corrected chi connectivity index (χ3v) is 4.42. The summed E-state index contributed by atoms with van der Waals surface area (Å²) in [6.45, 7) is 4.31. The third-order valence-electron chi connectivity index (χ3n) is 4.42. The average molecular weight is 371 g/mol. The minimum atomic E-state index is -4.10. The number of hydrogen-bond donors (Lipinski definition) is 2. The van der Waals surface area contributed by atoms with Crippen LogP contribution < -0.4 is 10.6 Å². The molecule has 0 radical (unpaired) electrons. The van der Waals surface area contributed by atoms with Gasteiger partial charge in [-0.2, -0.15) is 13.2 Å². The molecule has 0 aliphatic carbocycles. The van der Waals surface area contributed by atoms with Gasteiger partial charge in [0.15, 0.2) is 5.96 Å². The molecule has 0 atom stereocenters. The standard InChI is InChI=1S/C18H28F3N5/c1-2-22-17(25-13-16-5-3-4-9-23-16)24-10-6-15-7-11-26(12-8-15)14-18(19,20)21/h3-5,9,15H,2,6-8,10-14H2,1H3,(H2,22,24,25). The second-order valence-electron chi connectivity index (χ2n) is 6.57. The minimum Gasteiger partial charge on any atom is -0.357 e. The number of halogens is 3. The number of rotatable bonds is 7. The molecule has 2 heterocycles. The van der Waals surface area contributed by atoms with Crippen molar-refractivity contribution in [2.75, 3.05) is 32.7 Å². The summed E-state index contributed by atoms with van der Waals surface area (Å²) in [5.74, 6) is 1.21. The number of pyridine rings is 1. The fraction of sp³-hybridized carbons (Fsp3) is 0.667. The summed E-state index contributed by atoms with van der Waals surface area (Å²) in [6.07, 6.45) is 0.224. The topological polar surface area (TPSA) is 52.6 Å². The van der Waals surface area contributed by atoms with E-state index in [0.29, 0.717) is 25.6 Å². The van der Waals surface area contributed by atoms with Crippen LogP contribution in [0.4, 0.5) is 13.2 Å². The van der Waals surface area contributed by atoms with Crippen molar-refractivity contribution in [2.45, 2.75) is 38.9 Å². The summed E-state index contributed by atoms with van der Waals surface area (Å²) in [4.78, 5) is 10.3. The molecule has 0 aromatic carbocycles. The number of piperidine rings is 1. The highest BCUT2D eigenvalue weighted by Gasteiger charge is 2.32. The number of likely N-dealkylation sites (tertiary alicyclic amines) is 1. The van der Waals surface area contributed by atoms with E-state index in [-0.39, 0.29) is 0 Å². The molecule has 1 saturated heterocycles. The maximum Gasteiger partial charge on any atom is 0.401 e. The Hall–Kier alpha value is -1.83. The van der Waals surface area contributed by atoms with E-state index in [0.717, 1.165) is 44.0 Å². The maximum absolute atomic E-state index is 12.4. The first-order chi connectivity index (χ1) is 12.5. The molecule has 2 N–H and O–H groups in total. The van der Waals surface area contributed by atoms with Gasteiger partial charge >= 0.3 is 6.18 Å². The summed E-state index contributed by atoms with van der Waals surface area (Å²) in [5.41, 5.74) is 0.904. The Kier molecular flexibility index (Phi) is 8.15. The van der Waals surface area contributed by atoms with Crippen molar-refractivity contribution in [3.63, 3.8) is 0 Å². The van der Waals surface area contributed by atoms with Crippen molar-refractivity contribution >= 4 is 5.96 Å². The molecule has 146 valence electrons. The van der Waals surface area contributed by atoms with E-state index in [4.69, 9.17) is 0 Å². The van der Waals surface area contributed by atoms with Gasteiger partial charge in [0.05, 0.1) is 18.8 Å². The predicted octanol–water partition coefficient (Wildman–Crippen LogP) is 2.80. The number of guanidine groups is 1. The van der Waals surface area contributed by atoms with Crippen molar-refractivity contribution in [3.05, 3.63) is 30.1 Å². The molecular formula is C18H28F3N5. The summed E-state index contributed by atoms with van der Waals surface area (Å²) in [5, 5.41) is 6.51. The molecular weight excluding hydrogens is 343 g/mol. The molecule has 0 spiro atoms. The molecule has 2 rings (SSSR count). The van der Waals surface area contributed by atoms with Crippen molar-refractivity contribution in [2.24, 2.45) is 10.9 Å². The minimum absolute atomic E-state index is 0.464. The quantitative estimate of drug-likeness (QED) is 0.572. The Labute approximate surface area is 153 Å². The first-order valence-electron chi connectivity index (χ1n) is 9.17. The number of alkyl halides is 3. The van der Waals surface area contributed by atoms with E-state index in [9.17, 15) is 13.2 Å². The van der Waals surface area contributed by atoms with Crippen molar-refractivity contribution in [1.29, 1.82) is 0 Å². The highest BCUT2D eigenvalue weighted by Crippen LogP contribution is 2.23. The number of nitrogens with one attached hydrogen (secondary N) is 2. The van der Waals surface area contributed by atoms with Crippen LogP contribution in [0.25, 0.3) is 0 Å². The number of hydrogen-bond acceptors (Lipinski definition) is 3. The Balaban J connectivity index is 1.69. The molecule has 0 saturated carbocycles. The Morgan fingerprint density at radius 2 is 2.04 bits per heavy atom. The van der Waals surface area contributed by atoms with Crippen LogP contribution in [0, 0.1) is 5.92 Å². The Bertz CT molecular complexity index is 540. The first kappa shape index (κ1) is 20.5. The van der Waals surface area contributed by atoms with Gasteiger partial charge < -0.3 is 10.6 Å². The summed E-state index contributed by atoms with van der Waals surface area (Å²) in [7, 11) is 0. The zero-order valence-corrected chi connectivity index (χ0v) is 15.2. The van der Waals surface area contributed by atoms with Gasteiger partial charge in [-0.05, 0) is 57.3 Å². The lowest BCUT2D eigenvalue weighted by molar-refractivity contribution is -0.148. The van der Waals surface area contributed by atoms with Gasteiger partial charge in [-0.15, -0.1) is 0 Å². The fourth-order valence-corrected chi connectivity index (χ4v) is 3.07. The van der Waals surface area contributed by atoms with E-state index < -0.39 is 12.7 Å². The summed E-state index contributed by atoms with van der Waals surface area (Å²) in [6, 6.07) is 5.74. The number of aliphatic imine (C=N–C) groups is 1. The monoisotopic (exact) mass is 371 g/mol. The maximum atomic E-state index is 12.4. The van der Waals surface area contributed by atoms with E-state index in [1.165, 1.54) is 4.90 Å². The van der Waals surface area contributed by atoms with E-state index in [1.807, 2.05) is 25.1 Å². The molecule has 1 fully saturated rings. The lowest BCUT2D eigenvalue weighted by atomic mass is 9.93.